The third kappa shape index (κ3) is 3.34. The van der Waals surface area contributed by atoms with E-state index in [0.717, 1.165) is 38.4 Å². The number of halogens is 1. The number of benzene rings is 1. The molecule has 0 bridgehead atoms. The van der Waals surface area contributed by atoms with E-state index in [2.05, 4.69) is 21.7 Å². The van der Waals surface area contributed by atoms with Crippen molar-refractivity contribution >= 4 is 11.6 Å². The van der Waals surface area contributed by atoms with E-state index in [4.69, 9.17) is 5.73 Å². The molecule has 0 amide bonds. The van der Waals surface area contributed by atoms with Crippen LogP contribution < -0.4 is 10.6 Å². The second-order valence-corrected chi connectivity index (χ2v) is 6.48. The van der Waals surface area contributed by atoms with E-state index in [1.165, 1.54) is 31.4 Å². The molecule has 1 aliphatic carbocycles. The van der Waals surface area contributed by atoms with Crippen LogP contribution in [-0.4, -0.2) is 43.6 Å². The summed E-state index contributed by atoms with van der Waals surface area (Å²) in [6, 6.07) is 6.69. The maximum atomic E-state index is 13.0. The van der Waals surface area contributed by atoms with Crippen LogP contribution >= 0.6 is 0 Å². The second kappa shape index (κ2) is 6.15. The molecule has 0 spiro atoms. The van der Waals surface area contributed by atoms with Gasteiger partial charge in [0, 0.05) is 38.4 Å². The van der Waals surface area contributed by atoms with Gasteiger partial charge in [0.2, 0.25) is 0 Å². The van der Waals surface area contributed by atoms with Crippen molar-refractivity contribution in [3.8, 4) is 0 Å². The van der Waals surface area contributed by atoms with Gasteiger partial charge in [0.05, 0.1) is 0 Å². The molecule has 2 aliphatic rings. The summed E-state index contributed by atoms with van der Waals surface area (Å²) in [6.45, 7) is 6.62. The molecule has 1 aliphatic heterocycles. The van der Waals surface area contributed by atoms with E-state index in [0.29, 0.717) is 11.4 Å². The van der Waals surface area contributed by atoms with E-state index >= 15 is 0 Å². The highest BCUT2D eigenvalue weighted by molar-refractivity contribution is 5.78. The molecule has 2 N–H and O–H groups in total. The molecule has 1 aromatic carbocycles. The number of guanidine groups is 1. The number of piperazine rings is 1. The fourth-order valence-corrected chi connectivity index (χ4v) is 2.99. The van der Waals surface area contributed by atoms with Crippen LogP contribution in [0.1, 0.15) is 26.2 Å². The summed E-state index contributed by atoms with van der Waals surface area (Å²) in [5.41, 5.74) is 7.66. The SMILES string of the molecule is CCC1(CN=C(N)N2CCN(c3ccc(F)cc3)CC2)CC1. The Hall–Kier alpha value is -1.78. The van der Waals surface area contributed by atoms with Crippen LogP contribution in [-0.2, 0) is 0 Å². The molecule has 3 rings (SSSR count). The van der Waals surface area contributed by atoms with Crippen LogP contribution in [0.5, 0.6) is 0 Å². The monoisotopic (exact) mass is 304 g/mol. The molecule has 0 radical (unpaired) electrons. The van der Waals surface area contributed by atoms with E-state index in [1.807, 2.05) is 12.1 Å². The maximum Gasteiger partial charge on any atom is 0.191 e. The minimum absolute atomic E-state index is 0.191. The van der Waals surface area contributed by atoms with Crippen molar-refractivity contribution in [2.24, 2.45) is 16.1 Å². The Labute approximate surface area is 131 Å². The van der Waals surface area contributed by atoms with Crippen molar-refractivity contribution in [3.63, 3.8) is 0 Å². The van der Waals surface area contributed by atoms with Gasteiger partial charge in [-0.15, -0.1) is 0 Å². The van der Waals surface area contributed by atoms with Crippen molar-refractivity contribution in [2.75, 3.05) is 37.6 Å². The van der Waals surface area contributed by atoms with E-state index < -0.39 is 0 Å². The van der Waals surface area contributed by atoms with Crippen molar-refractivity contribution in [1.29, 1.82) is 0 Å². The third-order valence-electron chi connectivity index (χ3n) is 5.08. The first-order valence-corrected chi connectivity index (χ1v) is 8.17. The number of nitrogens with two attached hydrogens (primary N) is 1. The first-order valence-electron chi connectivity index (χ1n) is 8.17. The van der Waals surface area contributed by atoms with Gasteiger partial charge in [0.15, 0.2) is 5.96 Å². The highest BCUT2D eigenvalue weighted by Crippen LogP contribution is 2.48. The van der Waals surface area contributed by atoms with Crippen molar-refractivity contribution in [3.05, 3.63) is 30.1 Å². The quantitative estimate of drug-likeness (QED) is 0.686. The summed E-state index contributed by atoms with van der Waals surface area (Å²) in [6.07, 6.45) is 3.78. The lowest BCUT2D eigenvalue weighted by atomic mass is 10.1. The van der Waals surface area contributed by atoms with E-state index in [-0.39, 0.29) is 5.82 Å². The minimum Gasteiger partial charge on any atom is -0.370 e. The van der Waals surface area contributed by atoms with Crippen molar-refractivity contribution in [1.82, 2.24) is 4.90 Å². The third-order valence-corrected chi connectivity index (χ3v) is 5.08. The summed E-state index contributed by atoms with van der Waals surface area (Å²) in [4.78, 5) is 9.03. The zero-order valence-electron chi connectivity index (χ0n) is 13.3. The molecule has 1 aromatic rings. The van der Waals surface area contributed by atoms with E-state index in [1.54, 1.807) is 0 Å². The zero-order valence-corrected chi connectivity index (χ0v) is 13.3. The first-order chi connectivity index (χ1) is 10.6. The fraction of sp³-hybridized carbons (Fsp3) is 0.588. The average molecular weight is 304 g/mol. The summed E-state index contributed by atoms with van der Waals surface area (Å²) < 4.78 is 13.0. The lowest BCUT2D eigenvalue weighted by molar-refractivity contribution is 0.378. The molecule has 1 heterocycles. The van der Waals surface area contributed by atoms with Crippen molar-refractivity contribution in [2.45, 2.75) is 26.2 Å². The molecule has 1 saturated heterocycles. The Balaban J connectivity index is 1.52. The Morgan fingerprint density at radius 3 is 2.36 bits per heavy atom. The maximum absolute atomic E-state index is 13.0. The standard InChI is InChI=1S/C17H25FN4/c1-2-17(7-8-17)13-20-16(19)22-11-9-21(10-12-22)15-5-3-14(18)4-6-15/h3-6H,2,7-13H2,1H3,(H2,19,20). The number of hydrogen-bond acceptors (Lipinski definition) is 2. The number of hydrogen-bond donors (Lipinski definition) is 1. The van der Waals surface area contributed by atoms with Crippen LogP contribution in [0.15, 0.2) is 29.3 Å². The molecule has 0 atom stereocenters. The van der Waals surface area contributed by atoms with Gasteiger partial charge in [-0.3, -0.25) is 4.99 Å². The molecule has 4 nitrogen and oxygen atoms in total. The summed E-state index contributed by atoms with van der Waals surface area (Å²) in [7, 11) is 0. The molecule has 0 unspecified atom stereocenters. The first kappa shape index (κ1) is 15.1. The highest BCUT2D eigenvalue weighted by atomic mass is 19.1. The van der Waals surface area contributed by atoms with Gasteiger partial charge in [-0.05, 0) is 48.9 Å². The largest absolute Gasteiger partial charge is 0.370 e. The second-order valence-electron chi connectivity index (χ2n) is 6.48. The van der Waals surface area contributed by atoms with Gasteiger partial charge in [0.1, 0.15) is 5.82 Å². The Kier molecular flexibility index (Phi) is 4.23. The lowest BCUT2D eigenvalue weighted by Gasteiger charge is -2.36. The molecule has 5 heteroatoms. The van der Waals surface area contributed by atoms with Crippen LogP contribution in [0.25, 0.3) is 0 Å². The van der Waals surface area contributed by atoms with Crippen molar-refractivity contribution < 1.29 is 4.39 Å². The number of aliphatic imine (C=N–C) groups is 1. The van der Waals surface area contributed by atoms with Gasteiger partial charge < -0.3 is 15.5 Å². The lowest BCUT2D eigenvalue weighted by Crippen LogP contribution is -2.51. The minimum atomic E-state index is -0.191. The smallest absolute Gasteiger partial charge is 0.191 e. The highest BCUT2D eigenvalue weighted by Gasteiger charge is 2.40. The molecule has 2 fully saturated rings. The molecular formula is C17H25FN4. The van der Waals surface area contributed by atoms with Gasteiger partial charge in [-0.25, -0.2) is 4.39 Å². The van der Waals surface area contributed by atoms with Gasteiger partial charge in [0.25, 0.3) is 0 Å². The van der Waals surface area contributed by atoms with Crippen LogP contribution in [0.4, 0.5) is 10.1 Å². The normalized spacial score (nSPS) is 21.1. The van der Waals surface area contributed by atoms with Gasteiger partial charge >= 0.3 is 0 Å². The van der Waals surface area contributed by atoms with Crippen LogP contribution in [0.2, 0.25) is 0 Å². The molecular weight excluding hydrogens is 279 g/mol. The van der Waals surface area contributed by atoms with Crippen LogP contribution in [0.3, 0.4) is 0 Å². The molecule has 120 valence electrons. The number of nitrogens with zero attached hydrogens (tertiary/aromatic N) is 3. The predicted molar refractivity (Wildman–Crippen MR) is 88.6 cm³/mol. The summed E-state index contributed by atoms with van der Waals surface area (Å²) >= 11 is 0. The molecule has 1 saturated carbocycles. The number of anilines is 1. The molecule has 0 aromatic heterocycles. The fourth-order valence-electron chi connectivity index (χ4n) is 2.99. The summed E-state index contributed by atoms with van der Waals surface area (Å²) in [5, 5.41) is 0. The Morgan fingerprint density at radius 1 is 1.18 bits per heavy atom. The number of rotatable bonds is 4. The summed E-state index contributed by atoms with van der Waals surface area (Å²) in [5.74, 6) is 0.488. The topological polar surface area (TPSA) is 44.9 Å². The Morgan fingerprint density at radius 2 is 1.82 bits per heavy atom. The molecule has 22 heavy (non-hydrogen) atoms. The van der Waals surface area contributed by atoms with Gasteiger partial charge in [-0.2, -0.15) is 0 Å². The predicted octanol–water partition coefficient (Wildman–Crippen LogP) is 2.45. The van der Waals surface area contributed by atoms with E-state index in [9.17, 15) is 4.39 Å². The van der Waals surface area contributed by atoms with Crippen LogP contribution in [0, 0.1) is 11.2 Å². The average Bonchev–Trinajstić information content (AvgIpc) is 3.34. The zero-order chi connectivity index (χ0) is 15.6. The Bertz CT molecular complexity index is 528. The van der Waals surface area contributed by atoms with Gasteiger partial charge in [-0.1, -0.05) is 6.92 Å².